The molecule has 122 valence electrons. The second kappa shape index (κ2) is 8.63. The van der Waals surface area contributed by atoms with Crippen LogP contribution in [0.25, 0.3) is 0 Å². The van der Waals surface area contributed by atoms with Gasteiger partial charge in [0.05, 0.1) is 4.47 Å². The predicted molar refractivity (Wildman–Crippen MR) is 90.0 cm³/mol. The van der Waals surface area contributed by atoms with E-state index in [9.17, 15) is 9.18 Å². The molecule has 1 saturated heterocycles. The number of unbranched alkanes of at least 4 members (excludes halogenated alkanes) is 1. The first-order chi connectivity index (χ1) is 10.6. The first-order valence-electron chi connectivity index (χ1n) is 8.04. The lowest BCUT2D eigenvalue weighted by molar-refractivity contribution is -0.126. The Bertz CT molecular complexity index is 501. The number of nitrogens with one attached hydrogen (secondary N) is 1. The molecular weight excluding hydrogens is 347 g/mol. The largest absolute Gasteiger partial charge is 0.356 e. The smallest absolute Gasteiger partial charge is 0.223 e. The standard InChI is InChI=1S/C17H24BrFN2O/c1-2-3-8-20-17(22)14-6-9-21(10-7-14)12-13-4-5-16(19)15(18)11-13/h4-5,11,14H,2-3,6-10,12H2,1H3,(H,20,22). The summed E-state index contributed by atoms with van der Waals surface area (Å²) in [6, 6.07) is 5.15. The quantitative estimate of drug-likeness (QED) is 0.774. The van der Waals surface area contributed by atoms with Gasteiger partial charge in [-0.3, -0.25) is 9.69 Å². The van der Waals surface area contributed by atoms with Gasteiger partial charge in [-0.25, -0.2) is 4.39 Å². The van der Waals surface area contributed by atoms with E-state index in [1.807, 2.05) is 12.1 Å². The first-order valence-corrected chi connectivity index (χ1v) is 8.83. The summed E-state index contributed by atoms with van der Waals surface area (Å²) in [5, 5.41) is 3.03. The fraction of sp³-hybridized carbons (Fsp3) is 0.588. The molecule has 22 heavy (non-hydrogen) atoms. The average molecular weight is 371 g/mol. The van der Waals surface area contributed by atoms with Gasteiger partial charge < -0.3 is 5.32 Å². The Labute approximate surface area is 140 Å². The lowest BCUT2D eigenvalue weighted by Crippen LogP contribution is -2.40. The molecule has 2 rings (SSSR count). The van der Waals surface area contributed by atoms with Crippen LogP contribution in [0.15, 0.2) is 22.7 Å². The van der Waals surface area contributed by atoms with Gasteiger partial charge in [-0.05, 0) is 66.0 Å². The molecule has 1 N–H and O–H groups in total. The van der Waals surface area contributed by atoms with Crippen LogP contribution in [0.2, 0.25) is 0 Å². The van der Waals surface area contributed by atoms with E-state index >= 15 is 0 Å². The molecule has 0 bridgehead atoms. The zero-order valence-corrected chi connectivity index (χ0v) is 14.7. The summed E-state index contributed by atoms with van der Waals surface area (Å²) in [5.74, 6) is 0.122. The number of hydrogen-bond acceptors (Lipinski definition) is 2. The molecule has 0 radical (unpaired) electrons. The fourth-order valence-corrected chi connectivity index (χ4v) is 3.21. The maximum atomic E-state index is 13.2. The van der Waals surface area contributed by atoms with E-state index in [1.165, 1.54) is 6.07 Å². The molecule has 1 heterocycles. The van der Waals surface area contributed by atoms with Gasteiger partial charge >= 0.3 is 0 Å². The number of piperidine rings is 1. The lowest BCUT2D eigenvalue weighted by atomic mass is 9.95. The van der Waals surface area contributed by atoms with Crippen LogP contribution in [0.3, 0.4) is 0 Å². The fourth-order valence-electron chi connectivity index (χ4n) is 2.78. The van der Waals surface area contributed by atoms with Gasteiger partial charge in [0.2, 0.25) is 5.91 Å². The van der Waals surface area contributed by atoms with Gasteiger partial charge in [0.1, 0.15) is 5.82 Å². The Kier molecular flexibility index (Phi) is 6.83. The second-order valence-electron chi connectivity index (χ2n) is 5.94. The van der Waals surface area contributed by atoms with Crippen LogP contribution in [0, 0.1) is 11.7 Å². The number of hydrogen-bond donors (Lipinski definition) is 1. The minimum Gasteiger partial charge on any atom is -0.356 e. The topological polar surface area (TPSA) is 32.3 Å². The van der Waals surface area contributed by atoms with Crippen molar-refractivity contribution in [2.75, 3.05) is 19.6 Å². The van der Waals surface area contributed by atoms with Crippen LogP contribution in [0.4, 0.5) is 4.39 Å². The third-order valence-electron chi connectivity index (χ3n) is 4.18. The monoisotopic (exact) mass is 370 g/mol. The van der Waals surface area contributed by atoms with Crippen LogP contribution in [0.1, 0.15) is 38.2 Å². The summed E-state index contributed by atoms with van der Waals surface area (Å²) in [6.45, 7) is 5.56. The molecule has 3 nitrogen and oxygen atoms in total. The zero-order chi connectivity index (χ0) is 15.9. The van der Waals surface area contributed by atoms with E-state index < -0.39 is 0 Å². The highest BCUT2D eigenvalue weighted by Gasteiger charge is 2.24. The zero-order valence-electron chi connectivity index (χ0n) is 13.1. The van der Waals surface area contributed by atoms with Crippen molar-refractivity contribution in [3.05, 3.63) is 34.1 Å². The van der Waals surface area contributed by atoms with E-state index in [0.717, 1.165) is 57.4 Å². The highest BCUT2D eigenvalue weighted by molar-refractivity contribution is 9.10. The van der Waals surface area contributed by atoms with Crippen LogP contribution in [0.5, 0.6) is 0 Å². The molecular formula is C17H24BrFN2O. The van der Waals surface area contributed by atoms with E-state index in [-0.39, 0.29) is 17.6 Å². The molecule has 1 aliphatic rings. The van der Waals surface area contributed by atoms with E-state index in [4.69, 9.17) is 0 Å². The molecule has 1 aromatic carbocycles. The first kappa shape index (κ1) is 17.4. The summed E-state index contributed by atoms with van der Waals surface area (Å²) in [5.41, 5.74) is 1.10. The van der Waals surface area contributed by atoms with Crippen molar-refractivity contribution >= 4 is 21.8 Å². The van der Waals surface area contributed by atoms with Crippen molar-refractivity contribution in [1.29, 1.82) is 0 Å². The van der Waals surface area contributed by atoms with Crippen molar-refractivity contribution in [2.24, 2.45) is 5.92 Å². The Balaban J connectivity index is 1.77. The highest BCUT2D eigenvalue weighted by Crippen LogP contribution is 2.22. The molecule has 1 aromatic rings. The van der Waals surface area contributed by atoms with Gasteiger partial charge in [-0.1, -0.05) is 19.4 Å². The van der Waals surface area contributed by atoms with Crippen molar-refractivity contribution in [1.82, 2.24) is 10.2 Å². The number of amides is 1. The second-order valence-corrected chi connectivity index (χ2v) is 6.80. The molecule has 0 spiro atoms. The molecule has 5 heteroatoms. The van der Waals surface area contributed by atoms with Gasteiger partial charge in [-0.2, -0.15) is 0 Å². The van der Waals surface area contributed by atoms with Crippen LogP contribution in [-0.2, 0) is 11.3 Å². The van der Waals surface area contributed by atoms with Crippen LogP contribution >= 0.6 is 15.9 Å². The van der Waals surface area contributed by atoms with Crippen molar-refractivity contribution in [2.45, 2.75) is 39.2 Å². The number of benzene rings is 1. The van der Waals surface area contributed by atoms with Crippen LogP contribution in [-0.4, -0.2) is 30.4 Å². The maximum Gasteiger partial charge on any atom is 0.223 e. The molecule has 1 aliphatic heterocycles. The number of rotatable bonds is 6. The number of likely N-dealkylation sites (tertiary alicyclic amines) is 1. The molecule has 0 saturated carbocycles. The summed E-state index contributed by atoms with van der Waals surface area (Å²) >= 11 is 3.22. The predicted octanol–water partition coefficient (Wildman–Crippen LogP) is 3.72. The lowest BCUT2D eigenvalue weighted by Gasteiger charge is -2.31. The number of nitrogens with zero attached hydrogens (tertiary/aromatic N) is 1. The van der Waals surface area contributed by atoms with E-state index in [0.29, 0.717) is 4.47 Å². The Morgan fingerprint density at radius 2 is 2.14 bits per heavy atom. The van der Waals surface area contributed by atoms with Gasteiger partial charge in [-0.15, -0.1) is 0 Å². The molecule has 0 aliphatic carbocycles. The number of carbonyl (C=O) groups excluding carboxylic acids is 1. The highest BCUT2D eigenvalue weighted by atomic mass is 79.9. The number of carbonyl (C=O) groups is 1. The van der Waals surface area contributed by atoms with E-state index in [1.54, 1.807) is 0 Å². The van der Waals surface area contributed by atoms with Gasteiger partial charge in [0, 0.05) is 19.0 Å². The minimum atomic E-state index is -0.230. The summed E-state index contributed by atoms with van der Waals surface area (Å²) in [6.07, 6.45) is 3.95. The summed E-state index contributed by atoms with van der Waals surface area (Å²) in [7, 11) is 0. The van der Waals surface area contributed by atoms with Gasteiger partial charge in [0.25, 0.3) is 0 Å². The van der Waals surface area contributed by atoms with Crippen molar-refractivity contribution in [3.8, 4) is 0 Å². The molecule has 1 amide bonds. The Morgan fingerprint density at radius 1 is 1.41 bits per heavy atom. The van der Waals surface area contributed by atoms with Gasteiger partial charge in [0.15, 0.2) is 0 Å². The normalized spacial score (nSPS) is 16.7. The Morgan fingerprint density at radius 3 is 2.77 bits per heavy atom. The van der Waals surface area contributed by atoms with E-state index in [2.05, 4.69) is 33.1 Å². The molecule has 1 fully saturated rings. The third kappa shape index (κ3) is 5.06. The minimum absolute atomic E-state index is 0.146. The summed E-state index contributed by atoms with van der Waals surface area (Å²) < 4.78 is 13.7. The van der Waals surface area contributed by atoms with Crippen LogP contribution < -0.4 is 5.32 Å². The number of halogens is 2. The Hall–Kier alpha value is -0.940. The van der Waals surface area contributed by atoms with Crippen molar-refractivity contribution in [3.63, 3.8) is 0 Å². The molecule has 0 aromatic heterocycles. The maximum absolute atomic E-state index is 13.2. The SMILES string of the molecule is CCCCNC(=O)C1CCN(Cc2ccc(F)c(Br)c2)CC1. The average Bonchev–Trinajstić information content (AvgIpc) is 2.52. The summed E-state index contributed by atoms with van der Waals surface area (Å²) in [4.78, 5) is 14.4. The molecule has 0 unspecified atom stereocenters. The molecule has 0 atom stereocenters. The third-order valence-corrected chi connectivity index (χ3v) is 4.79. The van der Waals surface area contributed by atoms with Crippen molar-refractivity contribution < 1.29 is 9.18 Å².